The molecular formula is C16H25N3O4S. The first-order valence-corrected chi connectivity index (χ1v) is 9.55. The zero-order valence-corrected chi connectivity index (χ0v) is 15.0. The second kappa shape index (κ2) is 8.57. The van der Waals surface area contributed by atoms with E-state index in [0.29, 0.717) is 12.1 Å². The normalized spacial score (nSPS) is 16.1. The van der Waals surface area contributed by atoms with Crippen molar-refractivity contribution in [2.24, 2.45) is 0 Å². The van der Waals surface area contributed by atoms with Crippen LogP contribution in [0.4, 0.5) is 0 Å². The quantitative estimate of drug-likeness (QED) is 0.690. The molecule has 0 aromatic heterocycles. The van der Waals surface area contributed by atoms with Crippen molar-refractivity contribution < 1.29 is 17.9 Å². The van der Waals surface area contributed by atoms with Crippen LogP contribution < -0.4 is 10.0 Å². The number of morpholine rings is 1. The maximum atomic E-state index is 12.3. The Bertz CT molecular complexity index is 670. The molecule has 0 spiro atoms. The summed E-state index contributed by atoms with van der Waals surface area (Å²) in [6.45, 7) is 6.64. The molecular weight excluding hydrogens is 330 g/mol. The Balaban J connectivity index is 1.90. The van der Waals surface area contributed by atoms with Crippen molar-refractivity contribution in [1.29, 1.82) is 0 Å². The van der Waals surface area contributed by atoms with E-state index >= 15 is 0 Å². The van der Waals surface area contributed by atoms with Crippen LogP contribution in [0.15, 0.2) is 23.1 Å². The Morgan fingerprint density at radius 2 is 2.00 bits per heavy atom. The van der Waals surface area contributed by atoms with E-state index in [0.717, 1.165) is 44.8 Å². The lowest BCUT2D eigenvalue weighted by molar-refractivity contribution is 0.0374. The molecule has 0 bridgehead atoms. The molecule has 2 rings (SSSR count). The molecule has 1 aliphatic rings. The Hall–Kier alpha value is -1.48. The van der Waals surface area contributed by atoms with Gasteiger partial charge in [-0.25, -0.2) is 13.1 Å². The molecule has 134 valence electrons. The smallest absolute Gasteiger partial charge is 0.251 e. The van der Waals surface area contributed by atoms with Gasteiger partial charge in [0, 0.05) is 25.2 Å². The average Bonchev–Trinajstić information content (AvgIpc) is 2.59. The molecule has 1 aliphatic heterocycles. The van der Waals surface area contributed by atoms with E-state index in [1.165, 1.54) is 19.2 Å². The zero-order valence-electron chi connectivity index (χ0n) is 14.2. The van der Waals surface area contributed by atoms with Crippen molar-refractivity contribution >= 4 is 15.9 Å². The summed E-state index contributed by atoms with van der Waals surface area (Å²) >= 11 is 0. The van der Waals surface area contributed by atoms with Crippen LogP contribution in [0.1, 0.15) is 22.3 Å². The minimum absolute atomic E-state index is 0.0917. The fourth-order valence-electron chi connectivity index (χ4n) is 2.56. The Morgan fingerprint density at radius 1 is 1.29 bits per heavy atom. The molecule has 24 heavy (non-hydrogen) atoms. The standard InChI is InChI=1S/C16H25N3O4S/c1-13-4-5-14(24(21,22)17-2)12-15(13)16(20)18-6-3-7-19-8-10-23-11-9-19/h4-5,12,17H,3,6-11H2,1-2H3,(H,18,20). The first-order chi connectivity index (χ1) is 11.4. The minimum Gasteiger partial charge on any atom is -0.379 e. The third-order valence-corrected chi connectivity index (χ3v) is 5.49. The van der Waals surface area contributed by atoms with E-state index in [2.05, 4.69) is 14.9 Å². The molecule has 0 atom stereocenters. The van der Waals surface area contributed by atoms with Gasteiger partial charge in [-0.05, 0) is 44.6 Å². The van der Waals surface area contributed by atoms with Crippen LogP contribution >= 0.6 is 0 Å². The average molecular weight is 355 g/mol. The second-order valence-corrected chi connectivity index (χ2v) is 7.63. The van der Waals surface area contributed by atoms with Crippen molar-refractivity contribution in [3.8, 4) is 0 Å². The fourth-order valence-corrected chi connectivity index (χ4v) is 3.31. The lowest BCUT2D eigenvalue weighted by atomic mass is 10.1. The Labute approximate surface area is 143 Å². The molecule has 1 aromatic carbocycles. The van der Waals surface area contributed by atoms with Crippen LogP contribution in [0.2, 0.25) is 0 Å². The monoisotopic (exact) mass is 355 g/mol. The van der Waals surface area contributed by atoms with Gasteiger partial charge in [0.05, 0.1) is 18.1 Å². The summed E-state index contributed by atoms with van der Waals surface area (Å²) in [7, 11) is -2.21. The van der Waals surface area contributed by atoms with Gasteiger partial charge in [0.15, 0.2) is 0 Å². The maximum absolute atomic E-state index is 12.3. The lowest BCUT2D eigenvalue weighted by Gasteiger charge is -2.26. The molecule has 8 heteroatoms. The van der Waals surface area contributed by atoms with E-state index in [-0.39, 0.29) is 10.8 Å². The maximum Gasteiger partial charge on any atom is 0.251 e. The number of amides is 1. The minimum atomic E-state index is -3.56. The third kappa shape index (κ3) is 5.01. The van der Waals surface area contributed by atoms with Crippen LogP contribution in [0.5, 0.6) is 0 Å². The fraction of sp³-hybridized carbons (Fsp3) is 0.562. The molecule has 7 nitrogen and oxygen atoms in total. The molecule has 1 saturated heterocycles. The summed E-state index contributed by atoms with van der Waals surface area (Å²) in [5.74, 6) is -0.248. The Morgan fingerprint density at radius 3 is 2.67 bits per heavy atom. The number of nitrogens with one attached hydrogen (secondary N) is 2. The lowest BCUT2D eigenvalue weighted by Crippen LogP contribution is -2.38. The van der Waals surface area contributed by atoms with Gasteiger partial charge in [-0.1, -0.05) is 6.07 Å². The first-order valence-electron chi connectivity index (χ1n) is 8.06. The number of nitrogens with zero attached hydrogens (tertiary/aromatic N) is 1. The molecule has 2 N–H and O–H groups in total. The number of carbonyl (C=O) groups is 1. The zero-order chi connectivity index (χ0) is 17.6. The van der Waals surface area contributed by atoms with E-state index in [9.17, 15) is 13.2 Å². The van der Waals surface area contributed by atoms with Gasteiger partial charge in [-0.2, -0.15) is 0 Å². The number of benzene rings is 1. The Kier molecular flexibility index (Phi) is 6.73. The molecule has 0 unspecified atom stereocenters. The highest BCUT2D eigenvalue weighted by atomic mass is 32.2. The SMILES string of the molecule is CNS(=O)(=O)c1ccc(C)c(C(=O)NCCCN2CCOCC2)c1. The van der Waals surface area contributed by atoms with Crippen molar-refractivity contribution in [1.82, 2.24) is 14.9 Å². The molecule has 1 amide bonds. The molecule has 0 radical (unpaired) electrons. The van der Waals surface area contributed by atoms with Crippen molar-refractivity contribution in [3.05, 3.63) is 29.3 Å². The van der Waals surface area contributed by atoms with Crippen LogP contribution in [0.3, 0.4) is 0 Å². The van der Waals surface area contributed by atoms with E-state index < -0.39 is 10.0 Å². The molecule has 1 fully saturated rings. The van der Waals surface area contributed by atoms with Gasteiger partial charge in [0.1, 0.15) is 0 Å². The first kappa shape index (κ1) is 18.9. The van der Waals surface area contributed by atoms with Gasteiger partial charge in [0.2, 0.25) is 10.0 Å². The number of rotatable bonds is 7. The molecule has 1 heterocycles. The summed E-state index contributed by atoms with van der Waals surface area (Å²) < 4.78 is 31.3. The summed E-state index contributed by atoms with van der Waals surface area (Å²) in [6, 6.07) is 4.56. The van der Waals surface area contributed by atoms with Gasteiger partial charge >= 0.3 is 0 Å². The van der Waals surface area contributed by atoms with Crippen LogP contribution in [0, 0.1) is 6.92 Å². The second-order valence-electron chi connectivity index (χ2n) is 5.75. The van der Waals surface area contributed by atoms with Gasteiger partial charge in [0.25, 0.3) is 5.91 Å². The highest BCUT2D eigenvalue weighted by Gasteiger charge is 2.16. The van der Waals surface area contributed by atoms with Gasteiger partial charge in [-0.3, -0.25) is 9.69 Å². The predicted molar refractivity (Wildman–Crippen MR) is 91.6 cm³/mol. The van der Waals surface area contributed by atoms with Gasteiger partial charge < -0.3 is 10.1 Å². The van der Waals surface area contributed by atoms with E-state index in [4.69, 9.17) is 4.74 Å². The number of hydrogen-bond acceptors (Lipinski definition) is 5. The number of hydrogen-bond donors (Lipinski definition) is 2. The number of carbonyl (C=O) groups excluding carboxylic acids is 1. The van der Waals surface area contributed by atoms with E-state index in [1.54, 1.807) is 13.0 Å². The summed E-state index contributed by atoms with van der Waals surface area (Å²) in [5, 5.41) is 2.86. The number of sulfonamides is 1. The highest BCUT2D eigenvalue weighted by Crippen LogP contribution is 2.15. The predicted octanol–water partition coefficient (Wildman–Crippen LogP) is 0.355. The highest BCUT2D eigenvalue weighted by molar-refractivity contribution is 7.89. The van der Waals surface area contributed by atoms with Crippen molar-refractivity contribution in [3.63, 3.8) is 0 Å². The van der Waals surface area contributed by atoms with Crippen LogP contribution in [-0.2, 0) is 14.8 Å². The van der Waals surface area contributed by atoms with Crippen LogP contribution in [-0.4, -0.2) is 65.7 Å². The largest absolute Gasteiger partial charge is 0.379 e. The van der Waals surface area contributed by atoms with Crippen LogP contribution in [0.25, 0.3) is 0 Å². The summed E-state index contributed by atoms with van der Waals surface area (Å²) in [4.78, 5) is 14.7. The molecule has 0 aliphatic carbocycles. The topological polar surface area (TPSA) is 87.7 Å². The molecule has 1 aromatic rings. The van der Waals surface area contributed by atoms with E-state index in [1.807, 2.05) is 0 Å². The van der Waals surface area contributed by atoms with Crippen molar-refractivity contribution in [2.75, 3.05) is 46.4 Å². The molecule has 0 saturated carbocycles. The summed E-state index contributed by atoms with van der Waals surface area (Å²) in [5.41, 5.74) is 1.13. The third-order valence-electron chi connectivity index (χ3n) is 4.07. The van der Waals surface area contributed by atoms with Crippen molar-refractivity contribution in [2.45, 2.75) is 18.2 Å². The number of ether oxygens (including phenoxy) is 1. The summed E-state index contributed by atoms with van der Waals surface area (Å²) in [6.07, 6.45) is 0.847. The number of aryl methyl sites for hydroxylation is 1. The van der Waals surface area contributed by atoms with Gasteiger partial charge in [-0.15, -0.1) is 0 Å².